The second-order valence-corrected chi connectivity index (χ2v) is 8.10. The molecule has 3 nitrogen and oxygen atoms in total. The summed E-state index contributed by atoms with van der Waals surface area (Å²) in [6, 6.07) is 8.54. The van der Waals surface area contributed by atoms with Gasteiger partial charge in [0.2, 0.25) is 5.91 Å². The van der Waals surface area contributed by atoms with E-state index in [1.165, 1.54) is 11.3 Å². The molecular weight excluding hydrogens is 348 g/mol. The van der Waals surface area contributed by atoms with Crippen LogP contribution >= 0.6 is 27.7 Å². The average Bonchev–Trinajstić information content (AvgIpc) is 3.04. The van der Waals surface area contributed by atoms with Crippen LogP contribution in [0, 0.1) is 11.8 Å². The fourth-order valence-corrected chi connectivity index (χ4v) is 4.56. The van der Waals surface area contributed by atoms with E-state index >= 15 is 0 Å². The molecular formula is C16H21BrN2OS. The van der Waals surface area contributed by atoms with E-state index in [2.05, 4.69) is 28.1 Å². The summed E-state index contributed by atoms with van der Waals surface area (Å²) in [5.41, 5.74) is 6.12. The maximum atomic E-state index is 12.3. The summed E-state index contributed by atoms with van der Waals surface area (Å²) in [7, 11) is 0. The van der Waals surface area contributed by atoms with Gasteiger partial charge in [0.05, 0.1) is 0 Å². The van der Waals surface area contributed by atoms with Crippen LogP contribution in [-0.4, -0.2) is 35.7 Å². The van der Waals surface area contributed by atoms with Crippen molar-refractivity contribution in [1.82, 2.24) is 4.90 Å². The van der Waals surface area contributed by atoms with Crippen LogP contribution in [0.2, 0.25) is 0 Å². The smallest absolute Gasteiger partial charge is 0.223 e. The number of amides is 1. The molecule has 21 heavy (non-hydrogen) atoms. The molecule has 2 N–H and O–H groups in total. The average molecular weight is 369 g/mol. The minimum atomic E-state index is 0.293. The first-order valence-electron chi connectivity index (χ1n) is 7.55. The maximum Gasteiger partial charge on any atom is 0.223 e. The van der Waals surface area contributed by atoms with Crippen molar-refractivity contribution in [2.75, 3.05) is 18.8 Å². The number of carbonyl (C=O) groups is 1. The van der Waals surface area contributed by atoms with Crippen LogP contribution in [0.5, 0.6) is 0 Å². The van der Waals surface area contributed by atoms with E-state index < -0.39 is 0 Å². The highest BCUT2D eigenvalue weighted by Crippen LogP contribution is 2.37. The van der Waals surface area contributed by atoms with Crippen LogP contribution in [0.4, 0.5) is 0 Å². The van der Waals surface area contributed by atoms with E-state index in [1.54, 1.807) is 11.8 Å². The van der Waals surface area contributed by atoms with Crippen LogP contribution in [0.1, 0.15) is 19.3 Å². The first-order chi connectivity index (χ1) is 10.1. The molecule has 3 unspecified atom stereocenters. The predicted molar refractivity (Wildman–Crippen MR) is 90.3 cm³/mol. The lowest BCUT2D eigenvalue weighted by atomic mass is 9.98. The molecule has 1 aliphatic carbocycles. The van der Waals surface area contributed by atoms with Crippen molar-refractivity contribution in [2.45, 2.75) is 30.2 Å². The van der Waals surface area contributed by atoms with Gasteiger partial charge in [-0.25, -0.2) is 0 Å². The fourth-order valence-electron chi connectivity index (χ4n) is 3.46. The maximum absolute atomic E-state index is 12.3. The lowest BCUT2D eigenvalue weighted by Crippen LogP contribution is -2.33. The Hall–Kier alpha value is -0.520. The van der Waals surface area contributed by atoms with Gasteiger partial charge >= 0.3 is 0 Å². The molecule has 0 spiro atoms. The van der Waals surface area contributed by atoms with Crippen LogP contribution in [0.3, 0.4) is 0 Å². The zero-order chi connectivity index (χ0) is 14.8. The molecule has 3 rings (SSSR count). The topological polar surface area (TPSA) is 46.3 Å². The summed E-state index contributed by atoms with van der Waals surface area (Å²) < 4.78 is 1.09. The highest BCUT2D eigenvalue weighted by atomic mass is 79.9. The molecule has 3 atom stereocenters. The second-order valence-electron chi connectivity index (χ2n) is 6.02. The van der Waals surface area contributed by atoms with Crippen molar-refractivity contribution in [3.05, 3.63) is 28.7 Å². The Balaban J connectivity index is 1.44. The molecule has 1 saturated heterocycles. The monoisotopic (exact) mass is 368 g/mol. The lowest BCUT2D eigenvalue weighted by Gasteiger charge is -2.18. The van der Waals surface area contributed by atoms with Crippen LogP contribution in [0.15, 0.2) is 33.6 Å². The van der Waals surface area contributed by atoms with Gasteiger partial charge in [-0.05, 0) is 48.9 Å². The SMILES string of the molecule is NC1CCC2CN(C(=O)CCSc3ccc(Br)cc3)CC12. The second kappa shape index (κ2) is 6.71. The number of fused-ring (bicyclic) bond motifs is 1. The van der Waals surface area contributed by atoms with Gasteiger partial charge in [-0.1, -0.05) is 15.9 Å². The number of halogens is 1. The van der Waals surface area contributed by atoms with Crippen molar-refractivity contribution in [3.63, 3.8) is 0 Å². The van der Waals surface area contributed by atoms with Gasteiger partial charge in [-0.3, -0.25) is 4.79 Å². The fraction of sp³-hybridized carbons (Fsp3) is 0.562. The highest BCUT2D eigenvalue weighted by Gasteiger charge is 2.42. The number of likely N-dealkylation sites (tertiary alicyclic amines) is 1. The molecule has 0 radical (unpaired) electrons. The molecule has 2 fully saturated rings. The molecule has 0 bridgehead atoms. The molecule has 5 heteroatoms. The van der Waals surface area contributed by atoms with Gasteiger partial charge in [0.25, 0.3) is 0 Å². The Bertz CT molecular complexity index is 508. The van der Waals surface area contributed by atoms with Crippen molar-refractivity contribution < 1.29 is 4.79 Å². The normalized spacial score (nSPS) is 27.9. The Morgan fingerprint density at radius 2 is 2.05 bits per heavy atom. The summed E-state index contributed by atoms with van der Waals surface area (Å²) in [6.07, 6.45) is 2.95. The van der Waals surface area contributed by atoms with E-state index in [4.69, 9.17) is 5.73 Å². The summed E-state index contributed by atoms with van der Waals surface area (Å²) in [5.74, 6) is 2.34. The minimum Gasteiger partial charge on any atom is -0.342 e. The Morgan fingerprint density at radius 1 is 1.29 bits per heavy atom. The quantitative estimate of drug-likeness (QED) is 0.830. The molecule has 1 aromatic carbocycles. The number of nitrogens with two attached hydrogens (primary N) is 1. The van der Waals surface area contributed by atoms with Crippen molar-refractivity contribution in [1.29, 1.82) is 0 Å². The number of benzene rings is 1. The number of hydrogen-bond donors (Lipinski definition) is 1. The molecule has 114 valence electrons. The van der Waals surface area contributed by atoms with Crippen LogP contribution in [-0.2, 0) is 4.79 Å². The van der Waals surface area contributed by atoms with Gasteiger partial charge in [-0.15, -0.1) is 11.8 Å². The van der Waals surface area contributed by atoms with E-state index in [0.29, 0.717) is 30.2 Å². The van der Waals surface area contributed by atoms with Crippen LogP contribution < -0.4 is 5.73 Å². The van der Waals surface area contributed by atoms with E-state index in [1.807, 2.05) is 17.0 Å². The Morgan fingerprint density at radius 3 is 2.76 bits per heavy atom. The minimum absolute atomic E-state index is 0.293. The largest absolute Gasteiger partial charge is 0.342 e. The molecule has 1 heterocycles. The third-order valence-electron chi connectivity index (χ3n) is 4.66. The third kappa shape index (κ3) is 3.63. The third-order valence-corrected chi connectivity index (χ3v) is 6.21. The number of hydrogen-bond acceptors (Lipinski definition) is 3. The Labute approximate surface area is 138 Å². The van der Waals surface area contributed by atoms with Gasteiger partial charge in [0, 0.05) is 40.7 Å². The van der Waals surface area contributed by atoms with E-state index in [9.17, 15) is 4.79 Å². The van der Waals surface area contributed by atoms with Crippen LogP contribution in [0.25, 0.3) is 0 Å². The number of thioether (sulfide) groups is 1. The zero-order valence-electron chi connectivity index (χ0n) is 12.0. The summed E-state index contributed by atoms with van der Waals surface area (Å²) in [5, 5.41) is 0. The number of rotatable bonds is 4. The summed E-state index contributed by atoms with van der Waals surface area (Å²) in [4.78, 5) is 15.5. The van der Waals surface area contributed by atoms with Gasteiger partial charge in [0.1, 0.15) is 0 Å². The van der Waals surface area contributed by atoms with Crippen molar-refractivity contribution in [2.24, 2.45) is 17.6 Å². The highest BCUT2D eigenvalue weighted by molar-refractivity contribution is 9.10. The lowest BCUT2D eigenvalue weighted by molar-refractivity contribution is -0.130. The molecule has 1 aromatic rings. The van der Waals surface area contributed by atoms with Crippen molar-refractivity contribution >= 4 is 33.6 Å². The summed E-state index contributed by atoms with van der Waals surface area (Å²) in [6.45, 7) is 1.81. The number of nitrogens with zero attached hydrogens (tertiary/aromatic N) is 1. The Kier molecular flexibility index (Phi) is 4.92. The molecule has 2 aliphatic rings. The molecule has 1 saturated carbocycles. The summed E-state index contributed by atoms with van der Waals surface area (Å²) >= 11 is 5.17. The molecule has 0 aromatic heterocycles. The molecule has 1 amide bonds. The van der Waals surface area contributed by atoms with Gasteiger partial charge in [0.15, 0.2) is 0 Å². The van der Waals surface area contributed by atoms with E-state index in [-0.39, 0.29) is 0 Å². The zero-order valence-corrected chi connectivity index (χ0v) is 14.4. The van der Waals surface area contributed by atoms with E-state index in [0.717, 1.165) is 29.7 Å². The standard InChI is InChI=1S/C16H21BrN2OS/c17-12-2-4-13(5-3-12)21-8-7-16(20)19-9-11-1-6-15(18)14(11)10-19/h2-5,11,14-15H,1,6-10,18H2. The first-order valence-corrected chi connectivity index (χ1v) is 9.33. The molecule has 1 aliphatic heterocycles. The van der Waals surface area contributed by atoms with Crippen molar-refractivity contribution in [3.8, 4) is 0 Å². The van der Waals surface area contributed by atoms with Gasteiger partial charge < -0.3 is 10.6 Å². The predicted octanol–water partition coefficient (Wildman–Crippen LogP) is 3.13. The first kappa shape index (κ1) is 15.4. The van der Waals surface area contributed by atoms with Gasteiger partial charge in [-0.2, -0.15) is 0 Å². The number of carbonyl (C=O) groups excluding carboxylic acids is 1.